The molecule has 3 heterocycles. The topological polar surface area (TPSA) is 88.4 Å². The molecule has 0 unspecified atom stereocenters. The molecular weight excluding hydrogens is 401 g/mol. The van der Waals surface area contributed by atoms with Crippen LogP contribution in [-0.2, 0) is 16.0 Å². The molecular formula is C18H14FN5O2S2. The Morgan fingerprint density at radius 3 is 2.75 bits per heavy atom. The lowest BCUT2D eigenvalue weighted by molar-refractivity contribution is -0.136. The average Bonchev–Trinajstić information content (AvgIpc) is 3.41. The molecule has 4 rings (SSSR count). The number of nitrogens with zero attached hydrogens (tertiary/aromatic N) is 3. The maximum atomic E-state index is 13.5. The summed E-state index contributed by atoms with van der Waals surface area (Å²) in [5.41, 5.74) is 0.844. The molecule has 0 saturated heterocycles. The summed E-state index contributed by atoms with van der Waals surface area (Å²) >= 11 is 3.03. The maximum absolute atomic E-state index is 13.5. The normalized spacial score (nSPS) is 10.9. The van der Waals surface area contributed by atoms with Crippen LogP contribution in [0.25, 0.3) is 15.7 Å². The van der Waals surface area contributed by atoms with Crippen molar-refractivity contribution in [3.8, 4) is 10.7 Å². The number of thiophene rings is 1. The molecule has 3 aromatic heterocycles. The van der Waals surface area contributed by atoms with Gasteiger partial charge in [0.25, 0.3) is 0 Å². The standard InChI is InChI=1S/C18H14FN5O2S2/c19-12-4-1-2-5-13(12)21-17(26)16(25)20-8-7-11-10-28-18-22-15(23-24(11)18)14-6-3-9-27-14/h1-6,9-10H,7-8H2,(H,20,25)(H,21,26). The van der Waals surface area contributed by atoms with Crippen molar-refractivity contribution in [1.82, 2.24) is 19.9 Å². The smallest absolute Gasteiger partial charge is 0.313 e. The first-order chi connectivity index (χ1) is 13.6. The average molecular weight is 415 g/mol. The Bertz CT molecular complexity index is 1140. The van der Waals surface area contributed by atoms with Gasteiger partial charge in [-0.3, -0.25) is 9.59 Å². The molecule has 28 heavy (non-hydrogen) atoms. The zero-order valence-electron chi connectivity index (χ0n) is 14.4. The second-order valence-electron chi connectivity index (χ2n) is 5.77. The fourth-order valence-corrected chi connectivity index (χ4v) is 4.04. The van der Waals surface area contributed by atoms with E-state index in [-0.39, 0.29) is 12.2 Å². The Labute approximate surface area is 166 Å². The summed E-state index contributed by atoms with van der Waals surface area (Å²) < 4.78 is 15.3. The van der Waals surface area contributed by atoms with Gasteiger partial charge in [0.1, 0.15) is 5.82 Å². The van der Waals surface area contributed by atoms with Crippen LogP contribution in [0, 0.1) is 5.82 Å². The molecule has 2 N–H and O–H groups in total. The minimum absolute atomic E-state index is 0.0362. The molecule has 0 atom stereocenters. The van der Waals surface area contributed by atoms with Crippen LogP contribution in [0.5, 0.6) is 0 Å². The third-order valence-electron chi connectivity index (χ3n) is 3.89. The summed E-state index contributed by atoms with van der Waals surface area (Å²) in [7, 11) is 0. The number of carbonyl (C=O) groups is 2. The number of halogens is 1. The molecule has 0 bridgehead atoms. The quantitative estimate of drug-likeness (QED) is 0.491. The van der Waals surface area contributed by atoms with Gasteiger partial charge in [0.2, 0.25) is 4.96 Å². The Hall–Kier alpha value is -3.11. The van der Waals surface area contributed by atoms with Gasteiger partial charge in [-0.2, -0.15) is 4.98 Å². The van der Waals surface area contributed by atoms with Gasteiger partial charge in [-0.15, -0.1) is 27.8 Å². The lowest BCUT2D eigenvalue weighted by Gasteiger charge is -2.06. The van der Waals surface area contributed by atoms with Crippen molar-refractivity contribution >= 4 is 45.1 Å². The van der Waals surface area contributed by atoms with Crippen LogP contribution in [0.3, 0.4) is 0 Å². The number of benzene rings is 1. The molecule has 1 aromatic carbocycles. The molecule has 0 radical (unpaired) electrons. The lowest BCUT2D eigenvalue weighted by atomic mass is 10.3. The van der Waals surface area contributed by atoms with Crippen molar-refractivity contribution in [2.24, 2.45) is 0 Å². The summed E-state index contributed by atoms with van der Waals surface area (Å²) in [5.74, 6) is -1.68. The van der Waals surface area contributed by atoms with E-state index in [0.29, 0.717) is 12.2 Å². The van der Waals surface area contributed by atoms with Crippen molar-refractivity contribution in [2.75, 3.05) is 11.9 Å². The monoisotopic (exact) mass is 415 g/mol. The third-order valence-corrected chi connectivity index (χ3v) is 5.62. The number of anilines is 1. The Kier molecular flexibility index (Phi) is 5.13. The second-order valence-corrected chi connectivity index (χ2v) is 7.56. The van der Waals surface area contributed by atoms with Crippen molar-refractivity contribution in [3.63, 3.8) is 0 Å². The van der Waals surface area contributed by atoms with E-state index in [4.69, 9.17) is 0 Å². The van der Waals surface area contributed by atoms with E-state index in [1.807, 2.05) is 22.9 Å². The number of hydrogen-bond acceptors (Lipinski definition) is 6. The van der Waals surface area contributed by atoms with Gasteiger partial charge < -0.3 is 10.6 Å². The number of rotatable bonds is 5. The van der Waals surface area contributed by atoms with Gasteiger partial charge in [-0.25, -0.2) is 8.91 Å². The van der Waals surface area contributed by atoms with Gasteiger partial charge in [-0.05, 0) is 23.6 Å². The van der Waals surface area contributed by atoms with Crippen LogP contribution < -0.4 is 10.6 Å². The van der Waals surface area contributed by atoms with E-state index in [1.165, 1.54) is 29.5 Å². The molecule has 10 heteroatoms. The number of nitrogens with one attached hydrogen (secondary N) is 2. The third kappa shape index (κ3) is 3.78. The molecule has 0 aliphatic carbocycles. The number of para-hydroxylation sites is 1. The highest BCUT2D eigenvalue weighted by atomic mass is 32.1. The van der Waals surface area contributed by atoms with Crippen LogP contribution in [0.4, 0.5) is 10.1 Å². The number of hydrogen-bond donors (Lipinski definition) is 2. The summed E-state index contributed by atoms with van der Waals surface area (Å²) in [6.07, 6.45) is 0.478. The van der Waals surface area contributed by atoms with Crippen LogP contribution >= 0.6 is 22.7 Å². The summed E-state index contributed by atoms with van der Waals surface area (Å²) in [6.45, 7) is 0.240. The zero-order valence-corrected chi connectivity index (χ0v) is 16.0. The number of aromatic nitrogens is 3. The highest BCUT2D eigenvalue weighted by Crippen LogP contribution is 2.24. The molecule has 7 nitrogen and oxygen atoms in total. The minimum atomic E-state index is -0.915. The Morgan fingerprint density at radius 2 is 1.96 bits per heavy atom. The van der Waals surface area contributed by atoms with Gasteiger partial charge in [-0.1, -0.05) is 18.2 Å². The van der Waals surface area contributed by atoms with E-state index in [1.54, 1.807) is 21.9 Å². The van der Waals surface area contributed by atoms with E-state index in [9.17, 15) is 14.0 Å². The van der Waals surface area contributed by atoms with E-state index in [0.717, 1.165) is 15.5 Å². The number of fused-ring (bicyclic) bond motifs is 1. The van der Waals surface area contributed by atoms with Crippen molar-refractivity contribution in [3.05, 3.63) is 58.7 Å². The predicted molar refractivity (Wildman–Crippen MR) is 106 cm³/mol. The SMILES string of the molecule is O=C(NCCc1csc2nc(-c3cccs3)nn12)C(=O)Nc1ccccc1F. The summed E-state index contributed by atoms with van der Waals surface area (Å²) in [4.78, 5) is 30.1. The first kappa shape index (κ1) is 18.3. The maximum Gasteiger partial charge on any atom is 0.313 e. The molecule has 0 spiro atoms. The predicted octanol–water partition coefficient (Wildman–Crippen LogP) is 2.96. The van der Waals surface area contributed by atoms with Gasteiger partial charge >= 0.3 is 11.8 Å². The first-order valence-corrected chi connectivity index (χ1v) is 10.1. The van der Waals surface area contributed by atoms with Crippen molar-refractivity contribution in [1.29, 1.82) is 0 Å². The Morgan fingerprint density at radius 1 is 1.11 bits per heavy atom. The first-order valence-electron chi connectivity index (χ1n) is 8.32. The van der Waals surface area contributed by atoms with E-state index in [2.05, 4.69) is 20.7 Å². The second kappa shape index (κ2) is 7.87. The molecule has 4 aromatic rings. The number of thiazole rings is 1. The lowest BCUT2D eigenvalue weighted by Crippen LogP contribution is -2.36. The van der Waals surface area contributed by atoms with Gasteiger partial charge in [0, 0.05) is 18.3 Å². The molecule has 2 amide bonds. The van der Waals surface area contributed by atoms with Crippen LogP contribution in [0.15, 0.2) is 47.2 Å². The fourth-order valence-electron chi connectivity index (χ4n) is 2.53. The van der Waals surface area contributed by atoms with Crippen LogP contribution in [-0.4, -0.2) is 33.0 Å². The minimum Gasteiger partial charge on any atom is -0.347 e. The molecule has 142 valence electrons. The zero-order chi connectivity index (χ0) is 19.5. The van der Waals surface area contributed by atoms with Crippen LogP contribution in [0.1, 0.15) is 5.69 Å². The van der Waals surface area contributed by atoms with Crippen LogP contribution in [0.2, 0.25) is 0 Å². The largest absolute Gasteiger partial charge is 0.347 e. The van der Waals surface area contributed by atoms with Gasteiger partial charge in [0.15, 0.2) is 5.82 Å². The van der Waals surface area contributed by atoms with Crippen molar-refractivity contribution in [2.45, 2.75) is 6.42 Å². The molecule has 0 aliphatic heterocycles. The molecule has 0 saturated carbocycles. The number of carbonyl (C=O) groups excluding carboxylic acids is 2. The summed E-state index contributed by atoms with van der Waals surface area (Å²) in [6, 6.07) is 9.56. The highest BCUT2D eigenvalue weighted by Gasteiger charge is 2.16. The molecule has 0 aliphatic rings. The fraction of sp³-hybridized carbons (Fsp3) is 0.111. The van der Waals surface area contributed by atoms with Crippen molar-refractivity contribution < 1.29 is 14.0 Å². The molecule has 0 fully saturated rings. The van der Waals surface area contributed by atoms with E-state index >= 15 is 0 Å². The van der Waals surface area contributed by atoms with E-state index < -0.39 is 17.6 Å². The Balaban J connectivity index is 1.35. The highest BCUT2D eigenvalue weighted by molar-refractivity contribution is 7.15. The van der Waals surface area contributed by atoms with Gasteiger partial charge in [0.05, 0.1) is 16.3 Å². The number of amides is 2. The summed E-state index contributed by atoms with van der Waals surface area (Å²) in [5, 5.41) is 13.2.